The zero-order chi connectivity index (χ0) is 10.8. The van der Waals surface area contributed by atoms with E-state index in [1.54, 1.807) is 16.7 Å². The molecule has 3 N–H and O–H groups in total. The van der Waals surface area contributed by atoms with Gasteiger partial charge in [-0.2, -0.15) is 0 Å². The summed E-state index contributed by atoms with van der Waals surface area (Å²) in [6.45, 7) is 0.416. The average molecular weight is 224 g/mol. The molecule has 0 aliphatic carbocycles. The standard InChI is InChI=1S/C9H9FN4S/c10-7-3-1-2-6(4-7)5-14-8(11)12-13-9(14)15/h1-4H,5H2,(H2,11,12)(H,13,15). The number of nitrogen functional groups attached to an aromatic ring is 1. The van der Waals surface area contributed by atoms with Gasteiger partial charge in [0.2, 0.25) is 5.95 Å². The normalized spacial score (nSPS) is 10.5. The molecule has 6 heteroatoms. The Morgan fingerprint density at radius 1 is 1.53 bits per heavy atom. The highest BCUT2D eigenvalue weighted by Crippen LogP contribution is 2.08. The fraction of sp³-hybridized carbons (Fsp3) is 0.111. The van der Waals surface area contributed by atoms with Gasteiger partial charge >= 0.3 is 0 Å². The molecule has 1 aromatic carbocycles. The van der Waals surface area contributed by atoms with E-state index >= 15 is 0 Å². The third-order valence-electron chi connectivity index (χ3n) is 2.02. The Morgan fingerprint density at radius 2 is 2.33 bits per heavy atom. The van der Waals surface area contributed by atoms with Crippen LogP contribution < -0.4 is 5.73 Å². The van der Waals surface area contributed by atoms with Crippen LogP contribution in [-0.4, -0.2) is 14.8 Å². The van der Waals surface area contributed by atoms with Crippen molar-refractivity contribution in [2.24, 2.45) is 0 Å². The van der Waals surface area contributed by atoms with Crippen molar-refractivity contribution in [3.63, 3.8) is 0 Å². The van der Waals surface area contributed by atoms with E-state index in [0.29, 0.717) is 17.3 Å². The molecule has 0 saturated heterocycles. The number of aromatic amines is 1. The van der Waals surface area contributed by atoms with Gasteiger partial charge in [0, 0.05) is 0 Å². The molecule has 0 bridgehead atoms. The number of benzene rings is 1. The lowest BCUT2D eigenvalue weighted by molar-refractivity contribution is 0.623. The minimum absolute atomic E-state index is 0.277. The fourth-order valence-electron chi connectivity index (χ4n) is 1.30. The zero-order valence-corrected chi connectivity index (χ0v) is 8.59. The Hall–Kier alpha value is -1.69. The van der Waals surface area contributed by atoms with E-state index in [0.717, 1.165) is 5.56 Å². The quantitative estimate of drug-likeness (QED) is 0.763. The lowest BCUT2D eigenvalue weighted by atomic mass is 10.2. The summed E-state index contributed by atoms with van der Waals surface area (Å²) < 4.78 is 14.9. The Labute approximate surface area is 90.5 Å². The van der Waals surface area contributed by atoms with Gasteiger partial charge in [0.05, 0.1) is 6.54 Å². The molecule has 78 valence electrons. The first-order chi connectivity index (χ1) is 7.16. The second-order valence-electron chi connectivity index (χ2n) is 3.10. The van der Waals surface area contributed by atoms with Crippen LogP contribution in [0.1, 0.15) is 5.56 Å². The topological polar surface area (TPSA) is 59.6 Å². The molecule has 0 aliphatic rings. The van der Waals surface area contributed by atoms with E-state index < -0.39 is 0 Å². The number of hydrogen-bond donors (Lipinski definition) is 2. The van der Waals surface area contributed by atoms with Gasteiger partial charge in [-0.1, -0.05) is 12.1 Å². The first-order valence-electron chi connectivity index (χ1n) is 4.32. The Morgan fingerprint density at radius 3 is 2.93 bits per heavy atom. The van der Waals surface area contributed by atoms with E-state index in [2.05, 4.69) is 10.2 Å². The maximum absolute atomic E-state index is 12.9. The highest BCUT2D eigenvalue weighted by atomic mass is 32.1. The molecule has 4 nitrogen and oxygen atoms in total. The number of aromatic nitrogens is 3. The first-order valence-corrected chi connectivity index (χ1v) is 4.73. The second-order valence-corrected chi connectivity index (χ2v) is 3.49. The van der Waals surface area contributed by atoms with Gasteiger partial charge in [0.15, 0.2) is 4.77 Å². The maximum Gasteiger partial charge on any atom is 0.220 e. The lowest BCUT2D eigenvalue weighted by Gasteiger charge is -2.03. The number of nitrogens with one attached hydrogen (secondary N) is 1. The summed E-state index contributed by atoms with van der Waals surface area (Å²) in [6.07, 6.45) is 0. The Balaban J connectivity index is 2.33. The summed E-state index contributed by atoms with van der Waals surface area (Å²) in [7, 11) is 0. The van der Waals surface area contributed by atoms with Crippen molar-refractivity contribution in [3.8, 4) is 0 Å². The molecular formula is C9H9FN4S. The van der Waals surface area contributed by atoms with E-state index in [9.17, 15) is 4.39 Å². The van der Waals surface area contributed by atoms with Crippen LogP contribution in [0.4, 0.5) is 10.3 Å². The van der Waals surface area contributed by atoms with Crippen molar-refractivity contribution in [2.75, 3.05) is 5.73 Å². The molecule has 1 heterocycles. The number of nitrogens with two attached hydrogens (primary N) is 1. The molecule has 0 fully saturated rings. The van der Waals surface area contributed by atoms with Crippen LogP contribution in [0, 0.1) is 10.6 Å². The van der Waals surface area contributed by atoms with Crippen LogP contribution >= 0.6 is 12.2 Å². The lowest BCUT2D eigenvalue weighted by Crippen LogP contribution is -2.04. The molecule has 2 rings (SSSR count). The highest BCUT2D eigenvalue weighted by molar-refractivity contribution is 7.71. The molecule has 0 spiro atoms. The zero-order valence-electron chi connectivity index (χ0n) is 7.77. The number of rotatable bonds is 2. The second kappa shape index (κ2) is 3.82. The van der Waals surface area contributed by atoms with E-state index in [1.807, 2.05) is 0 Å². The van der Waals surface area contributed by atoms with Crippen molar-refractivity contribution < 1.29 is 4.39 Å². The minimum atomic E-state index is -0.277. The number of H-pyrrole nitrogens is 1. The minimum Gasteiger partial charge on any atom is -0.368 e. The van der Waals surface area contributed by atoms with Crippen molar-refractivity contribution in [1.29, 1.82) is 0 Å². The molecule has 0 saturated carbocycles. The Kier molecular flexibility index (Phi) is 2.51. The summed E-state index contributed by atoms with van der Waals surface area (Å²) in [6, 6.07) is 6.28. The average Bonchev–Trinajstić information content (AvgIpc) is 2.50. The van der Waals surface area contributed by atoms with Gasteiger partial charge < -0.3 is 5.73 Å². The summed E-state index contributed by atoms with van der Waals surface area (Å²) in [5.41, 5.74) is 6.38. The Bertz CT molecular complexity index is 531. The van der Waals surface area contributed by atoms with Crippen LogP contribution in [0.15, 0.2) is 24.3 Å². The third kappa shape index (κ3) is 2.04. The van der Waals surface area contributed by atoms with Gasteiger partial charge in [-0.25, -0.2) is 9.49 Å². The fourth-order valence-corrected chi connectivity index (χ4v) is 1.50. The monoisotopic (exact) mass is 224 g/mol. The van der Waals surface area contributed by atoms with Crippen molar-refractivity contribution in [3.05, 3.63) is 40.4 Å². The van der Waals surface area contributed by atoms with Gasteiger partial charge in [-0.3, -0.25) is 4.57 Å². The summed E-state index contributed by atoms with van der Waals surface area (Å²) >= 11 is 4.98. The molecule has 1 aromatic heterocycles. The largest absolute Gasteiger partial charge is 0.368 e. The predicted molar refractivity (Wildman–Crippen MR) is 57.3 cm³/mol. The van der Waals surface area contributed by atoms with Gasteiger partial charge in [-0.15, -0.1) is 5.10 Å². The first kappa shape index (κ1) is 9.85. The van der Waals surface area contributed by atoms with Gasteiger partial charge in [0.1, 0.15) is 5.82 Å². The SMILES string of the molecule is Nc1n[nH]c(=S)n1Cc1cccc(F)c1. The van der Waals surface area contributed by atoms with Crippen LogP contribution in [-0.2, 0) is 6.54 Å². The number of hydrogen-bond acceptors (Lipinski definition) is 3. The number of nitrogens with zero attached hydrogens (tertiary/aromatic N) is 2. The molecule has 0 amide bonds. The van der Waals surface area contributed by atoms with Crippen molar-refractivity contribution >= 4 is 18.2 Å². The molecule has 2 aromatic rings. The van der Waals surface area contributed by atoms with Crippen LogP contribution in [0.3, 0.4) is 0 Å². The molecule has 0 unspecified atom stereocenters. The number of halogens is 1. The highest BCUT2D eigenvalue weighted by Gasteiger charge is 2.03. The van der Waals surface area contributed by atoms with Gasteiger partial charge in [0.25, 0.3) is 0 Å². The maximum atomic E-state index is 12.9. The van der Waals surface area contributed by atoms with Crippen molar-refractivity contribution in [2.45, 2.75) is 6.54 Å². The molecule has 0 radical (unpaired) electrons. The number of anilines is 1. The van der Waals surface area contributed by atoms with Crippen molar-refractivity contribution in [1.82, 2.24) is 14.8 Å². The molecule has 0 atom stereocenters. The summed E-state index contributed by atoms with van der Waals surface area (Å²) in [4.78, 5) is 0. The third-order valence-corrected chi connectivity index (χ3v) is 2.33. The van der Waals surface area contributed by atoms with E-state index in [4.69, 9.17) is 18.0 Å². The molecule has 0 aliphatic heterocycles. The van der Waals surface area contributed by atoms with E-state index in [1.165, 1.54) is 12.1 Å². The molecular weight excluding hydrogens is 215 g/mol. The molecule has 15 heavy (non-hydrogen) atoms. The summed E-state index contributed by atoms with van der Waals surface area (Å²) in [5, 5.41) is 6.33. The van der Waals surface area contributed by atoms with Crippen LogP contribution in [0.5, 0.6) is 0 Å². The van der Waals surface area contributed by atoms with E-state index in [-0.39, 0.29) is 5.82 Å². The van der Waals surface area contributed by atoms with Crippen LogP contribution in [0.2, 0.25) is 0 Å². The predicted octanol–water partition coefficient (Wildman–Crippen LogP) is 1.71. The van der Waals surface area contributed by atoms with Gasteiger partial charge in [-0.05, 0) is 29.9 Å². The summed E-state index contributed by atoms with van der Waals surface area (Å²) in [5.74, 6) is 0.0188. The smallest absolute Gasteiger partial charge is 0.220 e. The van der Waals surface area contributed by atoms with Crippen LogP contribution in [0.25, 0.3) is 0 Å².